The second-order valence-electron chi connectivity index (χ2n) is 8.64. The third-order valence-electron chi connectivity index (χ3n) is 6.78. The first-order valence-electron chi connectivity index (χ1n) is 10.0. The van der Waals surface area contributed by atoms with Crippen LogP contribution >= 0.6 is 0 Å². The van der Waals surface area contributed by atoms with E-state index in [4.69, 9.17) is 0 Å². The van der Waals surface area contributed by atoms with Gasteiger partial charge in [-0.25, -0.2) is 0 Å². The van der Waals surface area contributed by atoms with Crippen LogP contribution in [0.2, 0.25) is 7.44 Å². The second-order valence-corrected chi connectivity index (χ2v) is 15.9. The normalized spacial score (nSPS) is 17.7. The Balaban J connectivity index is 2.41. The summed E-state index contributed by atoms with van der Waals surface area (Å²) in [4.78, 5) is 0. The Bertz CT molecular complexity index is 1200. The molecular formula is C24H14F10Ti. The van der Waals surface area contributed by atoms with Gasteiger partial charge in [0, 0.05) is 0 Å². The predicted molar refractivity (Wildman–Crippen MR) is 105 cm³/mol. The number of allylic oxidation sites excluding steroid dienone is 8. The molecule has 0 N–H and O–H groups in total. The van der Waals surface area contributed by atoms with Gasteiger partial charge < -0.3 is 0 Å². The topological polar surface area (TPSA) is 0 Å². The SMILES string of the molecule is C[C]1([Ti]([c]2c(F)c(F)c(F)c(F)c2F)([c]2c(F)c(F)c(F)c(F)c2F)[C]2(C)C=CC=C2)C=CC=C1. The van der Waals surface area contributed by atoms with Crippen LogP contribution in [0.3, 0.4) is 0 Å². The molecule has 184 valence electrons. The molecule has 0 saturated heterocycles. The Labute approximate surface area is 196 Å². The Hall–Kier alpha value is -2.59. The molecule has 0 aromatic heterocycles. The number of hydrogen-bond acceptors (Lipinski definition) is 0. The maximum absolute atomic E-state index is 15.5. The molecule has 0 fully saturated rings. The second kappa shape index (κ2) is 8.23. The van der Waals surface area contributed by atoms with E-state index < -0.39 is 89.9 Å². The van der Waals surface area contributed by atoms with E-state index in [1.807, 2.05) is 0 Å². The fourth-order valence-electron chi connectivity index (χ4n) is 5.28. The Morgan fingerprint density at radius 2 is 0.600 bits per heavy atom. The third kappa shape index (κ3) is 3.11. The van der Waals surface area contributed by atoms with E-state index in [0.717, 1.165) is 0 Å². The molecular weight excluding hydrogens is 526 g/mol. The molecule has 35 heavy (non-hydrogen) atoms. The number of rotatable bonds is 4. The van der Waals surface area contributed by atoms with E-state index in [2.05, 4.69) is 0 Å². The minimum absolute atomic E-state index is 1.20. The van der Waals surface area contributed by atoms with Gasteiger partial charge in [-0.2, -0.15) is 0 Å². The molecule has 0 spiro atoms. The van der Waals surface area contributed by atoms with Gasteiger partial charge in [0.1, 0.15) is 0 Å². The van der Waals surface area contributed by atoms with Gasteiger partial charge >= 0.3 is 196 Å². The van der Waals surface area contributed by atoms with Crippen molar-refractivity contribution in [3.63, 3.8) is 0 Å². The van der Waals surface area contributed by atoms with Crippen LogP contribution in [0.5, 0.6) is 0 Å². The standard InChI is InChI=1S/2C6F5.2C6H7.Ti/c2*7-2-1-3(8)5(10)6(11)4(2)9;2*1-6-4-2-3-5-6;/h;;2*2-5H,1H3;. The molecule has 2 aromatic carbocycles. The zero-order chi connectivity index (χ0) is 26.1. The van der Waals surface area contributed by atoms with Crippen molar-refractivity contribution >= 4 is 7.74 Å². The van der Waals surface area contributed by atoms with E-state index in [0.29, 0.717) is 0 Å². The molecule has 0 aliphatic heterocycles. The van der Waals surface area contributed by atoms with Crippen molar-refractivity contribution in [3.05, 3.63) is 107 Å². The van der Waals surface area contributed by atoms with E-state index >= 15 is 17.6 Å². The van der Waals surface area contributed by atoms with Gasteiger partial charge in [-0.15, -0.1) is 0 Å². The Morgan fingerprint density at radius 3 is 0.829 bits per heavy atom. The average molecular weight is 540 g/mol. The molecule has 0 heterocycles. The summed E-state index contributed by atoms with van der Waals surface area (Å²) in [6.07, 6.45) is 9.99. The fraction of sp³-hybridized carbons (Fsp3) is 0.167. The predicted octanol–water partition coefficient (Wildman–Crippen LogP) is 6.79. The summed E-state index contributed by atoms with van der Waals surface area (Å²) in [5.74, 6) is -24.2. The molecule has 0 unspecified atom stereocenters. The van der Waals surface area contributed by atoms with Gasteiger partial charge in [-0.1, -0.05) is 0 Å². The van der Waals surface area contributed by atoms with Crippen molar-refractivity contribution in [2.24, 2.45) is 0 Å². The van der Waals surface area contributed by atoms with Crippen molar-refractivity contribution in [1.29, 1.82) is 0 Å². The van der Waals surface area contributed by atoms with Crippen LogP contribution in [0.1, 0.15) is 13.8 Å². The first-order chi connectivity index (χ1) is 16.3. The van der Waals surface area contributed by atoms with Crippen molar-refractivity contribution in [2.45, 2.75) is 21.3 Å². The summed E-state index contributed by atoms with van der Waals surface area (Å²) in [6.45, 7) is 2.41. The number of halogens is 10. The molecule has 0 radical (unpaired) electrons. The van der Waals surface area contributed by atoms with Crippen molar-refractivity contribution in [1.82, 2.24) is 0 Å². The zero-order valence-corrected chi connectivity index (χ0v) is 19.5. The van der Waals surface area contributed by atoms with Gasteiger partial charge in [-0.05, 0) is 0 Å². The zero-order valence-electron chi connectivity index (χ0n) is 17.9. The average Bonchev–Trinajstić information content (AvgIpc) is 3.47. The molecule has 0 saturated carbocycles. The molecule has 0 atom stereocenters. The van der Waals surface area contributed by atoms with E-state index in [9.17, 15) is 26.3 Å². The van der Waals surface area contributed by atoms with Gasteiger partial charge in [0.05, 0.1) is 0 Å². The minimum atomic E-state index is -6.23. The summed E-state index contributed by atoms with van der Waals surface area (Å²) in [5.41, 5.74) is 0. The van der Waals surface area contributed by atoms with Crippen LogP contribution in [0.4, 0.5) is 43.9 Å². The molecule has 11 heteroatoms. The monoisotopic (exact) mass is 540 g/mol. The summed E-state index contributed by atoms with van der Waals surface area (Å²) >= 11 is -6.23. The van der Waals surface area contributed by atoms with Crippen LogP contribution < -0.4 is 7.74 Å². The summed E-state index contributed by atoms with van der Waals surface area (Å²) in [5, 5.41) is 0. The Morgan fingerprint density at radius 1 is 0.400 bits per heavy atom. The molecule has 0 bridgehead atoms. The number of hydrogen-bond donors (Lipinski definition) is 0. The molecule has 0 nitrogen and oxygen atoms in total. The summed E-state index contributed by atoms with van der Waals surface area (Å²) < 4.78 is 141. The van der Waals surface area contributed by atoms with Crippen molar-refractivity contribution in [3.8, 4) is 0 Å². The summed E-state index contributed by atoms with van der Waals surface area (Å²) in [7, 11) is 0. The van der Waals surface area contributed by atoms with Gasteiger partial charge in [0.25, 0.3) is 0 Å². The third-order valence-corrected chi connectivity index (χ3v) is 16.6. The van der Waals surface area contributed by atoms with Gasteiger partial charge in [0.15, 0.2) is 0 Å². The molecule has 2 aliphatic rings. The van der Waals surface area contributed by atoms with Crippen LogP contribution in [0, 0.1) is 58.2 Å². The van der Waals surface area contributed by atoms with Crippen LogP contribution in [-0.4, -0.2) is 0 Å². The Kier molecular flexibility index (Phi) is 6.00. The molecule has 2 aromatic rings. The van der Waals surface area contributed by atoms with Crippen LogP contribution in [-0.2, 0) is 16.6 Å². The van der Waals surface area contributed by atoms with Gasteiger partial charge in [-0.3, -0.25) is 0 Å². The van der Waals surface area contributed by atoms with Crippen LogP contribution in [0.25, 0.3) is 0 Å². The first kappa shape index (κ1) is 25.5. The number of benzene rings is 2. The van der Waals surface area contributed by atoms with Crippen molar-refractivity contribution < 1.29 is 60.5 Å². The van der Waals surface area contributed by atoms with E-state index in [-0.39, 0.29) is 0 Å². The maximum atomic E-state index is 15.5. The van der Waals surface area contributed by atoms with E-state index in [1.165, 1.54) is 62.5 Å². The van der Waals surface area contributed by atoms with E-state index in [1.54, 1.807) is 0 Å². The van der Waals surface area contributed by atoms with Crippen LogP contribution in [0.15, 0.2) is 48.6 Å². The fourth-order valence-corrected chi connectivity index (χ4v) is 15.8. The molecule has 2 aliphatic carbocycles. The molecule has 4 rings (SSSR count). The first-order valence-corrected chi connectivity index (χ1v) is 13.2. The summed E-state index contributed by atoms with van der Waals surface area (Å²) in [6, 6.07) is 0. The molecule has 0 amide bonds. The quantitative estimate of drug-likeness (QED) is 0.174. The van der Waals surface area contributed by atoms with Crippen molar-refractivity contribution in [2.75, 3.05) is 0 Å². The van der Waals surface area contributed by atoms with Gasteiger partial charge in [0.2, 0.25) is 0 Å².